The molecular formula is C30H20Cl2N4O2. The van der Waals surface area contributed by atoms with Gasteiger partial charge < -0.3 is 9.73 Å². The Hall–Kier alpha value is -4.39. The predicted octanol–water partition coefficient (Wildman–Crippen LogP) is 8.10. The van der Waals surface area contributed by atoms with E-state index >= 15 is 0 Å². The van der Waals surface area contributed by atoms with Crippen molar-refractivity contribution in [2.45, 2.75) is 6.92 Å². The van der Waals surface area contributed by atoms with Crippen molar-refractivity contribution in [2.24, 2.45) is 0 Å². The van der Waals surface area contributed by atoms with Crippen LogP contribution in [0.3, 0.4) is 0 Å². The van der Waals surface area contributed by atoms with Crippen LogP contribution in [-0.2, 0) is 4.79 Å². The number of carbonyl (C=O) groups excluding carboxylic acids is 1. The lowest BCUT2D eigenvalue weighted by molar-refractivity contribution is -0.111. The first-order valence-corrected chi connectivity index (χ1v) is 12.6. The molecule has 6 rings (SSSR count). The number of carbonyl (C=O) groups is 1. The van der Waals surface area contributed by atoms with Gasteiger partial charge in [-0.25, -0.2) is 0 Å². The summed E-state index contributed by atoms with van der Waals surface area (Å²) in [7, 11) is 0. The average Bonchev–Trinajstić information content (AvgIpc) is 3.54. The van der Waals surface area contributed by atoms with Crippen molar-refractivity contribution in [3.05, 3.63) is 112 Å². The molecule has 0 atom stereocenters. The van der Waals surface area contributed by atoms with E-state index in [1.807, 2.05) is 49.4 Å². The van der Waals surface area contributed by atoms with Crippen molar-refractivity contribution >= 4 is 62.7 Å². The highest BCUT2D eigenvalue weighted by Crippen LogP contribution is 2.32. The second-order valence-corrected chi connectivity index (χ2v) is 9.64. The molecule has 0 radical (unpaired) electrons. The maximum absolute atomic E-state index is 12.7. The van der Waals surface area contributed by atoms with Crippen LogP contribution in [-0.4, -0.2) is 20.9 Å². The summed E-state index contributed by atoms with van der Waals surface area (Å²) >= 11 is 12.2. The van der Waals surface area contributed by atoms with Gasteiger partial charge in [0.05, 0.1) is 10.7 Å². The predicted molar refractivity (Wildman–Crippen MR) is 153 cm³/mol. The number of rotatable bonds is 5. The van der Waals surface area contributed by atoms with Gasteiger partial charge in [-0.05, 0) is 72.5 Å². The number of fused-ring (bicyclic) bond motifs is 2. The summed E-state index contributed by atoms with van der Waals surface area (Å²) in [5.41, 5.74) is 4.57. The van der Waals surface area contributed by atoms with E-state index in [-0.39, 0.29) is 5.91 Å². The first kappa shape index (κ1) is 24.0. The number of hydrogen-bond donors (Lipinski definition) is 1. The number of hydrogen-bond acceptors (Lipinski definition) is 4. The van der Waals surface area contributed by atoms with Crippen LogP contribution in [0.1, 0.15) is 11.3 Å². The van der Waals surface area contributed by atoms with Crippen LogP contribution in [0.5, 0.6) is 0 Å². The summed E-state index contributed by atoms with van der Waals surface area (Å²) in [5.74, 6) is 0.810. The Balaban J connectivity index is 1.22. The van der Waals surface area contributed by atoms with E-state index in [0.717, 1.165) is 33.1 Å². The normalized spacial score (nSPS) is 11.6. The second kappa shape index (κ2) is 9.82. The molecule has 6 aromatic rings. The third-order valence-corrected chi connectivity index (χ3v) is 6.74. The Morgan fingerprint density at radius 3 is 2.55 bits per heavy atom. The summed E-state index contributed by atoms with van der Waals surface area (Å²) in [4.78, 5) is 14.3. The molecule has 0 fully saturated rings. The van der Waals surface area contributed by atoms with Crippen molar-refractivity contribution in [1.82, 2.24) is 15.0 Å². The molecule has 1 N–H and O–H groups in total. The number of nitrogens with zero attached hydrogens (tertiary/aromatic N) is 3. The number of halogens is 2. The van der Waals surface area contributed by atoms with Crippen LogP contribution >= 0.6 is 23.2 Å². The Morgan fingerprint density at radius 1 is 0.921 bits per heavy atom. The molecule has 2 aromatic heterocycles. The Morgan fingerprint density at radius 2 is 1.71 bits per heavy atom. The largest absolute Gasteiger partial charge is 0.457 e. The molecule has 0 aliphatic heterocycles. The molecule has 0 aliphatic carbocycles. The van der Waals surface area contributed by atoms with Gasteiger partial charge in [0.2, 0.25) is 5.91 Å². The van der Waals surface area contributed by atoms with Crippen LogP contribution in [0.2, 0.25) is 10.0 Å². The van der Waals surface area contributed by atoms with E-state index in [1.54, 1.807) is 41.2 Å². The van der Waals surface area contributed by atoms with Gasteiger partial charge in [-0.1, -0.05) is 59.6 Å². The van der Waals surface area contributed by atoms with E-state index in [0.29, 0.717) is 32.8 Å². The molecule has 1 amide bonds. The molecule has 186 valence electrons. The van der Waals surface area contributed by atoms with Gasteiger partial charge in [0.25, 0.3) is 0 Å². The van der Waals surface area contributed by atoms with E-state index in [4.69, 9.17) is 27.6 Å². The molecule has 0 spiro atoms. The minimum Gasteiger partial charge on any atom is -0.457 e. The number of amides is 1. The zero-order valence-electron chi connectivity index (χ0n) is 20.2. The number of furan rings is 1. The summed E-state index contributed by atoms with van der Waals surface area (Å²) in [6, 6.07) is 26.7. The molecule has 0 saturated heterocycles. The molecule has 6 nitrogen and oxygen atoms in total. The van der Waals surface area contributed by atoms with Crippen molar-refractivity contribution in [3.63, 3.8) is 0 Å². The van der Waals surface area contributed by atoms with E-state index < -0.39 is 0 Å². The van der Waals surface area contributed by atoms with Gasteiger partial charge >= 0.3 is 0 Å². The summed E-state index contributed by atoms with van der Waals surface area (Å²) in [6.07, 6.45) is 3.02. The van der Waals surface area contributed by atoms with Crippen molar-refractivity contribution < 1.29 is 9.21 Å². The van der Waals surface area contributed by atoms with Gasteiger partial charge in [0.15, 0.2) is 0 Å². The SMILES string of the molecule is Cc1cc2nn(-c3cccc4ccccc34)nc2cc1NC(=O)/C=C/c1ccc(-c2ccc(Cl)cc2Cl)o1. The Labute approximate surface area is 228 Å². The summed E-state index contributed by atoms with van der Waals surface area (Å²) in [6.45, 7) is 1.92. The molecule has 0 unspecified atom stereocenters. The standard InChI is InChI=1S/C30H20Cl2N4O2/c1-18-15-26-27(35-36(34-26)28-8-4-6-19-5-2-3-7-22(19)28)17-25(18)33-30(37)14-11-21-10-13-29(38-21)23-12-9-20(31)16-24(23)32/h2-17H,1H3,(H,33,37)/b14-11+. The highest BCUT2D eigenvalue weighted by Gasteiger charge is 2.12. The first-order chi connectivity index (χ1) is 18.4. The second-order valence-electron chi connectivity index (χ2n) is 8.79. The van der Waals surface area contributed by atoms with E-state index in [9.17, 15) is 4.79 Å². The van der Waals surface area contributed by atoms with Crippen LogP contribution in [0, 0.1) is 6.92 Å². The molecule has 8 heteroatoms. The lowest BCUT2D eigenvalue weighted by Gasteiger charge is -2.05. The molecular weight excluding hydrogens is 519 g/mol. The van der Waals surface area contributed by atoms with Crippen LogP contribution < -0.4 is 5.32 Å². The van der Waals surface area contributed by atoms with Crippen molar-refractivity contribution in [2.75, 3.05) is 5.32 Å². The molecule has 38 heavy (non-hydrogen) atoms. The zero-order chi connectivity index (χ0) is 26.2. The van der Waals surface area contributed by atoms with Crippen molar-refractivity contribution in [3.8, 4) is 17.0 Å². The van der Waals surface area contributed by atoms with Gasteiger partial charge in [-0.3, -0.25) is 4.79 Å². The highest BCUT2D eigenvalue weighted by molar-refractivity contribution is 6.36. The molecule has 0 aliphatic rings. The van der Waals surface area contributed by atoms with Gasteiger partial charge in [0, 0.05) is 27.7 Å². The maximum Gasteiger partial charge on any atom is 0.248 e. The maximum atomic E-state index is 12.7. The Bertz CT molecular complexity index is 1860. The number of aryl methyl sites for hydroxylation is 1. The number of nitrogens with one attached hydrogen (secondary N) is 1. The number of benzene rings is 4. The zero-order valence-corrected chi connectivity index (χ0v) is 21.7. The fourth-order valence-electron chi connectivity index (χ4n) is 4.30. The quantitative estimate of drug-likeness (QED) is 0.225. The van der Waals surface area contributed by atoms with Crippen LogP contribution in [0.15, 0.2) is 95.4 Å². The minimum absolute atomic E-state index is 0.295. The van der Waals surface area contributed by atoms with Crippen LogP contribution in [0.4, 0.5) is 5.69 Å². The van der Waals surface area contributed by atoms with E-state index in [2.05, 4.69) is 27.6 Å². The molecule has 2 heterocycles. The monoisotopic (exact) mass is 538 g/mol. The van der Waals surface area contributed by atoms with E-state index in [1.165, 1.54) is 6.08 Å². The fourth-order valence-corrected chi connectivity index (χ4v) is 4.80. The topological polar surface area (TPSA) is 73.0 Å². The first-order valence-electron chi connectivity index (χ1n) is 11.8. The van der Waals surface area contributed by atoms with Gasteiger partial charge in [-0.15, -0.1) is 15.0 Å². The molecule has 4 aromatic carbocycles. The fraction of sp³-hybridized carbons (Fsp3) is 0.0333. The smallest absolute Gasteiger partial charge is 0.248 e. The lowest BCUT2D eigenvalue weighted by Crippen LogP contribution is -2.08. The van der Waals surface area contributed by atoms with Crippen LogP contribution in [0.25, 0.3) is 44.9 Å². The third kappa shape index (κ3) is 4.67. The molecule has 0 saturated carbocycles. The molecule has 0 bridgehead atoms. The van der Waals surface area contributed by atoms with Gasteiger partial charge in [-0.2, -0.15) is 0 Å². The van der Waals surface area contributed by atoms with Crippen molar-refractivity contribution in [1.29, 1.82) is 0 Å². The number of aromatic nitrogens is 3. The highest BCUT2D eigenvalue weighted by atomic mass is 35.5. The lowest BCUT2D eigenvalue weighted by atomic mass is 10.1. The number of anilines is 1. The van der Waals surface area contributed by atoms with Gasteiger partial charge in [0.1, 0.15) is 22.6 Å². The third-order valence-electron chi connectivity index (χ3n) is 6.19. The summed E-state index contributed by atoms with van der Waals surface area (Å²) < 4.78 is 5.83. The Kier molecular flexibility index (Phi) is 6.19. The minimum atomic E-state index is -0.295. The summed E-state index contributed by atoms with van der Waals surface area (Å²) in [5, 5.41) is 15.5. The average molecular weight is 539 g/mol.